The van der Waals surface area contributed by atoms with Crippen molar-refractivity contribution in [3.63, 3.8) is 0 Å². The summed E-state index contributed by atoms with van der Waals surface area (Å²) in [5, 5.41) is 45.8. The molecule has 0 unspecified atom stereocenters. The van der Waals surface area contributed by atoms with Crippen LogP contribution in [0.4, 0.5) is 0 Å². The minimum Gasteiger partial charge on any atom is -0.696 e. The van der Waals surface area contributed by atoms with Gasteiger partial charge in [-0.2, -0.15) is 20.4 Å². The summed E-state index contributed by atoms with van der Waals surface area (Å²) in [5.41, 5.74) is 14.0. The molecule has 0 fully saturated rings. The van der Waals surface area contributed by atoms with E-state index in [9.17, 15) is 0 Å². The number of H-pyrrole nitrogens is 4. The predicted molar refractivity (Wildman–Crippen MR) is 154 cm³/mol. The van der Waals surface area contributed by atoms with Crippen LogP contribution in [0.5, 0.6) is 0 Å². The number of nitrogens with zero attached hydrogens (tertiary/aromatic N) is 6. The standard InChI is InChI=1S/2C11H16N4.2CHNS.2Mn.2H2N/c2*1-6-10(7(2)13-12-6)5-11-8(3)14-15-9(11)4;2*2-1-3;;;;/h2*5H2,1-4H3,(H,12,13)(H,14,15);2*3H;;;2*1H2/q;;;;;;2*-1/p-2. The molecule has 0 saturated heterocycles. The Labute approximate surface area is 268 Å². The maximum Gasteiger partial charge on any atom is 0.0629 e. The van der Waals surface area contributed by atoms with Gasteiger partial charge in [-0.1, -0.05) is 10.8 Å². The van der Waals surface area contributed by atoms with Crippen LogP contribution in [0.25, 0.3) is 12.3 Å². The van der Waals surface area contributed by atoms with E-state index in [-0.39, 0.29) is 46.4 Å². The molecule has 222 valence electrons. The predicted octanol–water partition coefficient (Wildman–Crippen LogP) is 5.37. The summed E-state index contributed by atoms with van der Waals surface area (Å²) in [6.07, 6.45) is 1.81. The average Bonchev–Trinajstić information content (AvgIpc) is 3.53. The molecule has 0 aromatic carbocycles. The molecule has 12 nitrogen and oxygen atoms in total. The van der Waals surface area contributed by atoms with Crippen LogP contribution in [0.15, 0.2) is 0 Å². The summed E-state index contributed by atoms with van der Waals surface area (Å²) < 4.78 is 0. The second-order valence-corrected chi connectivity index (χ2v) is 8.55. The maximum atomic E-state index is 7.13. The van der Waals surface area contributed by atoms with Gasteiger partial charge in [0, 0.05) is 92.0 Å². The zero-order valence-corrected chi connectivity index (χ0v) is 27.8. The molecule has 0 amide bonds. The third-order valence-electron chi connectivity index (χ3n) is 5.83. The molecule has 0 atom stereocenters. The van der Waals surface area contributed by atoms with Gasteiger partial charge in [-0.3, -0.25) is 20.4 Å². The molecule has 4 aromatic rings. The van der Waals surface area contributed by atoms with Crippen LogP contribution in [0.1, 0.15) is 67.8 Å². The Balaban J connectivity index is -0.000000250. The monoisotopic (exact) mass is 666 g/mol. The Morgan fingerprint density at radius 2 is 0.650 bits per heavy atom. The molecule has 0 aliphatic heterocycles. The first-order chi connectivity index (χ1) is 17.0. The first kappa shape index (κ1) is 44.2. The summed E-state index contributed by atoms with van der Waals surface area (Å²) >= 11 is 7.40. The van der Waals surface area contributed by atoms with E-state index in [1.165, 1.54) is 33.1 Å². The first-order valence-corrected chi connectivity index (χ1v) is 11.9. The van der Waals surface area contributed by atoms with Crippen LogP contribution in [-0.4, -0.2) is 40.8 Å². The van der Waals surface area contributed by atoms with Crippen LogP contribution in [-0.2, 0) is 72.2 Å². The van der Waals surface area contributed by atoms with E-state index in [0.29, 0.717) is 0 Å². The number of nitrogens with two attached hydrogens (primary N) is 2. The second kappa shape index (κ2) is 22.0. The average molecular weight is 667 g/mol. The fourth-order valence-corrected chi connectivity index (χ4v) is 3.69. The van der Waals surface area contributed by atoms with Gasteiger partial charge < -0.3 is 37.6 Å². The normalized spacial score (nSPS) is 8.55. The molecule has 4 aromatic heterocycles. The minimum absolute atomic E-state index is 0. The summed E-state index contributed by atoms with van der Waals surface area (Å²) in [6, 6.07) is 0. The molecule has 4 heterocycles. The number of nitriles is 2. The van der Waals surface area contributed by atoms with Crippen molar-refractivity contribution in [2.45, 2.75) is 68.2 Å². The van der Waals surface area contributed by atoms with Gasteiger partial charge in [-0.15, -0.1) is 0 Å². The zero-order valence-electron chi connectivity index (χ0n) is 23.8. The molecule has 0 spiro atoms. The fraction of sp³-hybridized carbons (Fsp3) is 0.417. The topological polar surface area (TPSA) is 229 Å². The summed E-state index contributed by atoms with van der Waals surface area (Å²) in [7, 11) is 0. The third kappa shape index (κ3) is 12.6. The number of hydrogen-bond donors (Lipinski definition) is 4. The maximum absolute atomic E-state index is 7.13. The van der Waals surface area contributed by atoms with Crippen molar-refractivity contribution in [3.05, 3.63) is 80.1 Å². The molecular weight excluding hydrogens is 630 g/mol. The van der Waals surface area contributed by atoms with Crippen LogP contribution in [0.2, 0.25) is 0 Å². The van der Waals surface area contributed by atoms with E-state index in [4.69, 9.17) is 10.5 Å². The van der Waals surface area contributed by atoms with Crippen molar-refractivity contribution in [3.8, 4) is 10.8 Å². The molecule has 40 heavy (non-hydrogen) atoms. The first-order valence-electron chi connectivity index (χ1n) is 11.1. The van der Waals surface area contributed by atoms with E-state index in [2.05, 4.69) is 93.7 Å². The Hall–Kier alpha value is -2.78. The van der Waals surface area contributed by atoms with Gasteiger partial charge in [-0.25, -0.2) is 10.5 Å². The number of aromatic nitrogens is 8. The van der Waals surface area contributed by atoms with E-state index in [1.807, 2.05) is 27.7 Å². The van der Waals surface area contributed by atoms with Crippen molar-refractivity contribution < 1.29 is 34.1 Å². The van der Waals surface area contributed by atoms with Gasteiger partial charge in [0.1, 0.15) is 0 Å². The molecular formula is C24H36Mn2N12S2-4. The number of rotatable bonds is 4. The van der Waals surface area contributed by atoms with Crippen LogP contribution >= 0.6 is 0 Å². The van der Waals surface area contributed by atoms with E-state index >= 15 is 0 Å². The molecule has 8 N–H and O–H groups in total. The van der Waals surface area contributed by atoms with Crippen LogP contribution in [0.3, 0.4) is 0 Å². The fourth-order valence-electron chi connectivity index (χ4n) is 3.69. The van der Waals surface area contributed by atoms with E-state index in [1.54, 1.807) is 0 Å². The molecule has 0 aliphatic rings. The summed E-state index contributed by atoms with van der Waals surface area (Å²) in [5.74, 6) is 0. The molecule has 16 heteroatoms. The van der Waals surface area contributed by atoms with Crippen molar-refractivity contribution in [1.82, 2.24) is 40.8 Å². The van der Waals surface area contributed by atoms with Gasteiger partial charge in [0.15, 0.2) is 0 Å². The Bertz CT molecular complexity index is 1070. The van der Waals surface area contributed by atoms with Crippen LogP contribution in [0, 0.1) is 76.7 Å². The van der Waals surface area contributed by atoms with Gasteiger partial charge >= 0.3 is 0 Å². The number of aryl methyl sites for hydroxylation is 8. The Kier molecular flexibility index (Phi) is 24.3. The molecule has 4 rings (SSSR count). The molecule has 0 bridgehead atoms. The van der Waals surface area contributed by atoms with Crippen LogP contribution < -0.4 is 0 Å². The number of nitrogens with one attached hydrogen (secondary N) is 4. The minimum atomic E-state index is 0. The third-order valence-corrected chi connectivity index (χ3v) is 5.83. The smallest absolute Gasteiger partial charge is 0.0629 e. The SMILES string of the molecule is Cc1n[nH]c(C)c1Cc1c(C)n[nH]c1C.Cc1n[nH]c(C)c1Cc1c(C)n[nH]c1C.N#C[S-].N#C[S-].[Mn].[Mn].[NH2-].[NH2-]. The van der Waals surface area contributed by atoms with E-state index < -0.39 is 0 Å². The van der Waals surface area contributed by atoms with Gasteiger partial charge in [0.25, 0.3) is 0 Å². The second-order valence-electron chi connectivity index (χ2n) is 8.19. The Morgan fingerprint density at radius 3 is 0.750 bits per heavy atom. The van der Waals surface area contributed by atoms with Gasteiger partial charge in [-0.05, 0) is 55.4 Å². The van der Waals surface area contributed by atoms with Crippen molar-refractivity contribution >= 4 is 25.3 Å². The molecule has 0 aliphatic carbocycles. The van der Waals surface area contributed by atoms with Crippen molar-refractivity contribution in [1.29, 1.82) is 10.5 Å². The molecule has 2 radical (unpaired) electrons. The number of thiocyanates is 2. The summed E-state index contributed by atoms with van der Waals surface area (Å²) in [6.45, 7) is 16.3. The van der Waals surface area contributed by atoms with Crippen molar-refractivity contribution in [2.24, 2.45) is 0 Å². The zero-order chi connectivity index (χ0) is 27.4. The molecule has 0 saturated carbocycles. The largest absolute Gasteiger partial charge is 0.696 e. The van der Waals surface area contributed by atoms with Gasteiger partial charge in [0.2, 0.25) is 0 Å². The number of aromatic amines is 4. The quantitative estimate of drug-likeness (QED) is 0.125. The Morgan fingerprint density at radius 1 is 0.500 bits per heavy atom. The van der Waals surface area contributed by atoms with Crippen molar-refractivity contribution in [2.75, 3.05) is 0 Å². The number of hydrogen-bond acceptors (Lipinski definition) is 8. The van der Waals surface area contributed by atoms with Gasteiger partial charge in [0.05, 0.1) is 22.8 Å². The summed E-state index contributed by atoms with van der Waals surface area (Å²) in [4.78, 5) is 0. The van der Waals surface area contributed by atoms with E-state index in [0.717, 1.165) is 58.4 Å².